The highest BCUT2D eigenvalue weighted by Gasteiger charge is 2.17. The average molecular weight is 310 g/mol. The van der Waals surface area contributed by atoms with Crippen LogP contribution in [-0.2, 0) is 6.54 Å². The largest absolute Gasteiger partial charge is 0.457 e. The van der Waals surface area contributed by atoms with Gasteiger partial charge in [0.25, 0.3) is 0 Å². The Morgan fingerprint density at radius 3 is 2.85 bits per heavy atom. The number of halogens is 2. The predicted octanol–water partition coefficient (Wildman–Crippen LogP) is 4.00. The minimum atomic E-state index is -0.377. The number of nitrogens with zero attached hydrogens (tertiary/aromatic N) is 2. The van der Waals surface area contributed by atoms with Gasteiger partial charge in [-0.25, -0.2) is 0 Å². The summed E-state index contributed by atoms with van der Waals surface area (Å²) >= 11 is 12.1. The molecule has 0 aliphatic carbocycles. The van der Waals surface area contributed by atoms with Gasteiger partial charge in [-0.3, -0.25) is 4.68 Å². The molecule has 0 aliphatic heterocycles. The zero-order chi connectivity index (χ0) is 14.3. The van der Waals surface area contributed by atoms with Crippen molar-refractivity contribution >= 4 is 34.2 Å². The molecule has 20 heavy (non-hydrogen) atoms. The van der Waals surface area contributed by atoms with Crippen LogP contribution in [0.15, 0.2) is 35.0 Å². The van der Waals surface area contributed by atoms with Crippen LogP contribution in [0.2, 0.25) is 10.0 Å². The first-order valence-corrected chi connectivity index (χ1v) is 7.00. The van der Waals surface area contributed by atoms with E-state index in [2.05, 4.69) is 5.10 Å². The number of aromatic nitrogens is 2. The molecule has 1 aromatic carbocycles. The molecule has 104 valence electrons. The lowest BCUT2D eigenvalue weighted by Crippen LogP contribution is -2.09. The first kappa shape index (κ1) is 13.5. The van der Waals surface area contributed by atoms with Gasteiger partial charge in [-0.2, -0.15) is 5.10 Å². The number of nitrogens with two attached hydrogens (primary N) is 1. The number of hydrogen-bond donors (Lipinski definition) is 1. The van der Waals surface area contributed by atoms with E-state index in [0.717, 1.165) is 17.5 Å². The molecular weight excluding hydrogens is 297 g/mol. The Labute approximate surface area is 126 Å². The van der Waals surface area contributed by atoms with Crippen molar-refractivity contribution in [2.45, 2.75) is 19.5 Å². The van der Waals surface area contributed by atoms with Gasteiger partial charge in [-0.05, 0) is 25.1 Å². The first-order valence-electron chi connectivity index (χ1n) is 6.25. The summed E-state index contributed by atoms with van der Waals surface area (Å²) in [6.45, 7) is 2.82. The lowest BCUT2D eigenvalue weighted by atomic mass is 10.1. The van der Waals surface area contributed by atoms with Gasteiger partial charge in [0.2, 0.25) is 0 Å². The molecule has 2 aromatic heterocycles. The highest BCUT2D eigenvalue weighted by Crippen LogP contribution is 2.33. The van der Waals surface area contributed by atoms with Crippen LogP contribution in [0, 0.1) is 0 Å². The maximum Gasteiger partial charge on any atom is 0.153 e. The standard InChI is InChI=1S/C14H13Cl2N3O/c1-2-19-7-9(6-18-19)13(17)12-4-8-3-10(15)5-11(16)14(8)20-12/h3-7,13H,2,17H2,1H3. The molecule has 4 nitrogen and oxygen atoms in total. The molecule has 0 radical (unpaired) electrons. The molecule has 2 N–H and O–H groups in total. The van der Waals surface area contributed by atoms with E-state index < -0.39 is 0 Å². The third kappa shape index (κ3) is 2.30. The number of aryl methyl sites for hydroxylation is 1. The summed E-state index contributed by atoms with van der Waals surface area (Å²) in [5.74, 6) is 0.639. The highest BCUT2D eigenvalue weighted by molar-refractivity contribution is 6.38. The van der Waals surface area contributed by atoms with Gasteiger partial charge < -0.3 is 10.2 Å². The van der Waals surface area contributed by atoms with Gasteiger partial charge >= 0.3 is 0 Å². The van der Waals surface area contributed by atoms with E-state index in [1.807, 2.05) is 23.9 Å². The lowest BCUT2D eigenvalue weighted by Gasteiger charge is -2.04. The SMILES string of the molecule is CCn1cc(C(N)c2cc3cc(Cl)cc(Cl)c3o2)cn1. The van der Waals surface area contributed by atoms with E-state index in [0.29, 0.717) is 21.4 Å². The van der Waals surface area contributed by atoms with Gasteiger partial charge in [0, 0.05) is 28.7 Å². The van der Waals surface area contributed by atoms with Crippen molar-refractivity contribution in [2.75, 3.05) is 0 Å². The molecule has 0 bridgehead atoms. The molecule has 0 amide bonds. The maximum absolute atomic E-state index is 6.21. The topological polar surface area (TPSA) is 57.0 Å². The van der Waals surface area contributed by atoms with E-state index >= 15 is 0 Å². The summed E-state index contributed by atoms with van der Waals surface area (Å²) in [7, 11) is 0. The third-order valence-corrected chi connectivity index (χ3v) is 3.70. The van der Waals surface area contributed by atoms with Crippen LogP contribution in [0.1, 0.15) is 24.3 Å². The fourth-order valence-corrected chi connectivity index (χ4v) is 2.67. The highest BCUT2D eigenvalue weighted by atomic mass is 35.5. The molecule has 2 heterocycles. The van der Waals surface area contributed by atoms with E-state index in [-0.39, 0.29) is 6.04 Å². The van der Waals surface area contributed by atoms with Gasteiger partial charge in [-0.15, -0.1) is 0 Å². The minimum Gasteiger partial charge on any atom is -0.457 e. The lowest BCUT2D eigenvalue weighted by molar-refractivity contribution is 0.525. The fraction of sp³-hybridized carbons (Fsp3) is 0.214. The Balaban J connectivity index is 2.03. The maximum atomic E-state index is 6.21. The Kier molecular flexibility index (Phi) is 3.46. The van der Waals surface area contributed by atoms with Crippen molar-refractivity contribution < 1.29 is 4.42 Å². The molecule has 0 aliphatic rings. The normalized spacial score (nSPS) is 13.0. The Hall–Kier alpha value is -1.49. The predicted molar refractivity (Wildman–Crippen MR) is 80.2 cm³/mol. The number of rotatable bonds is 3. The van der Waals surface area contributed by atoms with Crippen molar-refractivity contribution in [2.24, 2.45) is 5.73 Å². The van der Waals surface area contributed by atoms with Gasteiger partial charge in [0.15, 0.2) is 5.58 Å². The molecule has 3 rings (SSSR count). The van der Waals surface area contributed by atoms with E-state index in [4.69, 9.17) is 33.4 Å². The van der Waals surface area contributed by atoms with Gasteiger partial charge in [0.1, 0.15) is 5.76 Å². The number of benzene rings is 1. The molecule has 6 heteroatoms. The second-order valence-corrected chi connectivity index (χ2v) is 5.41. The van der Waals surface area contributed by atoms with Crippen molar-refractivity contribution in [3.8, 4) is 0 Å². The van der Waals surface area contributed by atoms with Crippen molar-refractivity contribution in [1.82, 2.24) is 9.78 Å². The van der Waals surface area contributed by atoms with Crippen molar-refractivity contribution in [3.05, 3.63) is 52.0 Å². The van der Waals surface area contributed by atoms with Crippen LogP contribution < -0.4 is 5.73 Å². The second-order valence-electron chi connectivity index (χ2n) is 4.56. The third-order valence-electron chi connectivity index (χ3n) is 3.20. The van der Waals surface area contributed by atoms with Gasteiger partial charge in [-0.1, -0.05) is 23.2 Å². The average Bonchev–Trinajstić information content (AvgIpc) is 3.03. The summed E-state index contributed by atoms with van der Waals surface area (Å²) in [6.07, 6.45) is 3.66. The number of furan rings is 1. The minimum absolute atomic E-state index is 0.377. The molecule has 0 spiro atoms. The van der Waals surface area contributed by atoms with Crippen LogP contribution >= 0.6 is 23.2 Å². The van der Waals surface area contributed by atoms with Crippen molar-refractivity contribution in [1.29, 1.82) is 0 Å². The van der Waals surface area contributed by atoms with E-state index in [9.17, 15) is 0 Å². The molecule has 0 fully saturated rings. The molecule has 1 atom stereocenters. The summed E-state index contributed by atoms with van der Waals surface area (Å²) in [6, 6.07) is 4.94. The fourth-order valence-electron chi connectivity index (χ4n) is 2.13. The second kappa shape index (κ2) is 5.13. The van der Waals surface area contributed by atoms with E-state index in [1.165, 1.54) is 0 Å². The molecule has 3 aromatic rings. The molecule has 0 saturated heterocycles. The van der Waals surface area contributed by atoms with Crippen LogP contribution in [0.25, 0.3) is 11.0 Å². The summed E-state index contributed by atoms with van der Waals surface area (Å²) in [5.41, 5.74) is 7.71. The first-order chi connectivity index (χ1) is 9.58. The zero-order valence-electron chi connectivity index (χ0n) is 10.8. The molecule has 1 unspecified atom stereocenters. The quantitative estimate of drug-likeness (QED) is 0.795. The Bertz CT molecular complexity index is 763. The van der Waals surface area contributed by atoms with Crippen LogP contribution in [0.3, 0.4) is 0 Å². The molecule has 0 saturated carbocycles. The summed E-state index contributed by atoms with van der Waals surface area (Å²) in [4.78, 5) is 0. The van der Waals surface area contributed by atoms with Gasteiger partial charge in [0.05, 0.1) is 17.3 Å². The van der Waals surface area contributed by atoms with Crippen LogP contribution in [-0.4, -0.2) is 9.78 Å². The van der Waals surface area contributed by atoms with E-state index in [1.54, 1.807) is 18.3 Å². The molecular formula is C14H13Cl2N3O. The Morgan fingerprint density at radius 2 is 2.15 bits per heavy atom. The summed E-state index contributed by atoms with van der Waals surface area (Å²) in [5, 5.41) is 6.11. The van der Waals surface area contributed by atoms with Crippen molar-refractivity contribution in [3.63, 3.8) is 0 Å². The summed E-state index contributed by atoms with van der Waals surface area (Å²) < 4.78 is 7.58. The van der Waals surface area contributed by atoms with Crippen LogP contribution in [0.4, 0.5) is 0 Å². The monoisotopic (exact) mass is 309 g/mol. The number of fused-ring (bicyclic) bond motifs is 1. The Morgan fingerprint density at radius 1 is 1.35 bits per heavy atom. The number of hydrogen-bond acceptors (Lipinski definition) is 3. The smallest absolute Gasteiger partial charge is 0.153 e. The van der Waals surface area contributed by atoms with Crippen LogP contribution in [0.5, 0.6) is 0 Å². The zero-order valence-corrected chi connectivity index (χ0v) is 12.3.